The Bertz CT molecular complexity index is 629. The molecule has 0 unspecified atom stereocenters. The SMILES string of the molecule is COc1ccc(Br)cc1CNC(=O)c1cccc(Br)c1. The van der Waals surface area contributed by atoms with E-state index in [0.29, 0.717) is 12.1 Å². The predicted molar refractivity (Wildman–Crippen MR) is 86.0 cm³/mol. The van der Waals surface area contributed by atoms with Crippen molar-refractivity contribution in [3.05, 3.63) is 62.5 Å². The number of hydrogen-bond donors (Lipinski definition) is 1. The smallest absolute Gasteiger partial charge is 0.251 e. The molecule has 104 valence electrons. The van der Waals surface area contributed by atoms with E-state index in [1.54, 1.807) is 19.2 Å². The average molecular weight is 399 g/mol. The molecule has 2 rings (SSSR count). The summed E-state index contributed by atoms with van der Waals surface area (Å²) in [6.45, 7) is 0.411. The standard InChI is InChI=1S/C15H13Br2NO2/c1-20-14-6-5-13(17)8-11(14)9-18-15(19)10-3-2-4-12(16)7-10/h2-8H,9H2,1H3,(H,18,19). The second kappa shape index (κ2) is 6.90. The van der Waals surface area contributed by atoms with Crippen LogP contribution in [-0.4, -0.2) is 13.0 Å². The molecule has 0 aliphatic carbocycles. The van der Waals surface area contributed by atoms with Gasteiger partial charge in [-0.25, -0.2) is 0 Å². The van der Waals surface area contributed by atoms with Crippen LogP contribution in [0.5, 0.6) is 5.75 Å². The van der Waals surface area contributed by atoms with E-state index in [-0.39, 0.29) is 5.91 Å². The molecular formula is C15H13Br2NO2. The number of nitrogens with one attached hydrogen (secondary N) is 1. The fraction of sp³-hybridized carbons (Fsp3) is 0.133. The van der Waals surface area contributed by atoms with Gasteiger partial charge in [0.2, 0.25) is 0 Å². The second-order valence-electron chi connectivity index (χ2n) is 4.15. The van der Waals surface area contributed by atoms with Crippen molar-refractivity contribution in [1.29, 1.82) is 0 Å². The van der Waals surface area contributed by atoms with Crippen LogP contribution >= 0.6 is 31.9 Å². The molecule has 0 aliphatic heterocycles. The molecule has 0 saturated carbocycles. The lowest BCUT2D eigenvalue weighted by atomic mass is 10.2. The highest BCUT2D eigenvalue weighted by atomic mass is 79.9. The van der Waals surface area contributed by atoms with Crippen molar-refractivity contribution in [1.82, 2.24) is 5.32 Å². The van der Waals surface area contributed by atoms with Crippen molar-refractivity contribution in [2.45, 2.75) is 6.54 Å². The molecule has 0 saturated heterocycles. The topological polar surface area (TPSA) is 38.3 Å². The van der Waals surface area contributed by atoms with Gasteiger partial charge in [0.05, 0.1) is 7.11 Å². The summed E-state index contributed by atoms with van der Waals surface area (Å²) in [6, 6.07) is 13.0. The highest BCUT2D eigenvalue weighted by Crippen LogP contribution is 2.22. The van der Waals surface area contributed by atoms with Crippen LogP contribution in [0.25, 0.3) is 0 Å². The molecule has 0 bridgehead atoms. The van der Waals surface area contributed by atoms with Crippen molar-refractivity contribution in [3.8, 4) is 5.75 Å². The van der Waals surface area contributed by atoms with E-state index in [9.17, 15) is 4.79 Å². The van der Waals surface area contributed by atoms with Gasteiger partial charge in [0.1, 0.15) is 5.75 Å². The molecule has 2 aromatic carbocycles. The summed E-state index contributed by atoms with van der Waals surface area (Å²) < 4.78 is 7.11. The largest absolute Gasteiger partial charge is 0.496 e. The predicted octanol–water partition coefficient (Wildman–Crippen LogP) is 4.15. The van der Waals surface area contributed by atoms with Gasteiger partial charge in [0, 0.05) is 26.6 Å². The molecule has 1 N–H and O–H groups in total. The van der Waals surface area contributed by atoms with Gasteiger partial charge < -0.3 is 10.1 Å². The van der Waals surface area contributed by atoms with E-state index in [0.717, 1.165) is 20.3 Å². The molecule has 0 spiro atoms. The van der Waals surface area contributed by atoms with E-state index in [4.69, 9.17) is 4.74 Å². The van der Waals surface area contributed by atoms with Crippen LogP contribution in [0, 0.1) is 0 Å². The lowest BCUT2D eigenvalue weighted by Gasteiger charge is -2.10. The Kier molecular flexibility index (Phi) is 5.20. The molecule has 20 heavy (non-hydrogen) atoms. The summed E-state index contributed by atoms with van der Waals surface area (Å²) in [6.07, 6.45) is 0. The number of ether oxygens (including phenoxy) is 1. The van der Waals surface area contributed by atoms with E-state index in [2.05, 4.69) is 37.2 Å². The minimum atomic E-state index is -0.117. The summed E-state index contributed by atoms with van der Waals surface area (Å²) in [5.74, 6) is 0.635. The first-order chi connectivity index (χ1) is 9.60. The number of carbonyl (C=O) groups excluding carboxylic acids is 1. The Hall–Kier alpha value is -1.33. The molecule has 0 aromatic heterocycles. The van der Waals surface area contributed by atoms with Crippen LogP contribution in [0.2, 0.25) is 0 Å². The third-order valence-electron chi connectivity index (χ3n) is 2.77. The third-order valence-corrected chi connectivity index (χ3v) is 3.76. The van der Waals surface area contributed by atoms with E-state index in [1.165, 1.54) is 0 Å². The van der Waals surface area contributed by atoms with Gasteiger partial charge in [-0.3, -0.25) is 4.79 Å². The summed E-state index contributed by atoms with van der Waals surface area (Å²) >= 11 is 6.77. The highest BCUT2D eigenvalue weighted by Gasteiger charge is 2.08. The lowest BCUT2D eigenvalue weighted by molar-refractivity contribution is 0.0950. The van der Waals surface area contributed by atoms with Gasteiger partial charge in [-0.15, -0.1) is 0 Å². The maximum atomic E-state index is 12.1. The Balaban J connectivity index is 2.09. The number of methoxy groups -OCH3 is 1. The monoisotopic (exact) mass is 397 g/mol. The number of carbonyl (C=O) groups is 1. The Morgan fingerprint density at radius 1 is 1.15 bits per heavy atom. The molecule has 0 atom stereocenters. The minimum absolute atomic E-state index is 0.117. The van der Waals surface area contributed by atoms with Crippen LogP contribution in [0.4, 0.5) is 0 Å². The molecular weight excluding hydrogens is 386 g/mol. The van der Waals surface area contributed by atoms with Crippen LogP contribution < -0.4 is 10.1 Å². The maximum absolute atomic E-state index is 12.1. The fourth-order valence-corrected chi connectivity index (χ4v) is 2.60. The molecule has 0 heterocycles. The van der Waals surface area contributed by atoms with Gasteiger partial charge in [-0.05, 0) is 36.4 Å². The minimum Gasteiger partial charge on any atom is -0.496 e. The van der Waals surface area contributed by atoms with Crippen molar-refractivity contribution < 1.29 is 9.53 Å². The summed E-state index contributed by atoms with van der Waals surface area (Å²) in [7, 11) is 1.61. The summed E-state index contributed by atoms with van der Waals surface area (Å²) in [5.41, 5.74) is 1.54. The Morgan fingerprint density at radius 3 is 2.60 bits per heavy atom. The first-order valence-electron chi connectivity index (χ1n) is 5.96. The first kappa shape index (κ1) is 15.1. The number of rotatable bonds is 4. The number of amides is 1. The van der Waals surface area contributed by atoms with Crippen LogP contribution in [0.3, 0.4) is 0 Å². The fourth-order valence-electron chi connectivity index (χ4n) is 1.79. The number of halogens is 2. The number of hydrogen-bond acceptors (Lipinski definition) is 2. The first-order valence-corrected chi connectivity index (χ1v) is 7.55. The van der Waals surface area contributed by atoms with Crippen LogP contribution in [0.1, 0.15) is 15.9 Å². The van der Waals surface area contributed by atoms with Crippen molar-refractivity contribution >= 4 is 37.8 Å². The van der Waals surface area contributed by atoms with Gasteiger partial charge >= 0.3 is 0 Å². The van der Waals surface area contributed by atoms with Gasteiger partial charge in [-0.1, -0.05) is 37.9 Å². The zero-order valence-corrected chi connectivity index (χ0v) is 14.0. The molecule has 2 aromatic rings. The molecule has 3 nitrogen and oxygen atoms in total. The van der Waals surface area contributed by atoms with E-state index >= 15 is 0 Å². The maximum Gasteiger partial charge on any atom is 0.251 e. The Morgan fingerprint density at radius 2 is 1.90 bits per heavy atom. The van der Waals surface area contributed by atoms with Crippen molar-refractivity contribution in [2.24, 2.45) is 0 Å². The second-order valence-corrected chi connectivity index (χ2v) is 5.98. The molecule has 1 amide bonds. The van der Waals surface area contributed by atoms with E-state index in [1.807, 2.05) is 30.3 Å². The van der Waals surface area contributed by atoms with Crippen LogP contribution in [0.15, 0.2) is 51.4 Å². The quantitative estimate of drug-likeness (QED) is 0.839. The molecule has 0 aliphatic rings. The van der Waals surface area contributed by atoms with Crippen LogP contribution in [-0.2, 0) is 6.54 Å². The average Bonchev–Trinajstić information content (AvgIpc) is 2.45. The van der Waals surface area contributed by atoms with Crippen molar-refractivity contribution in [3.63, 3.8) is 0 Å². The third kappa shape index (κ3) is 3.84. The normalized spacial score (nSPS) is 10.2. The lowest BCUT2D eigenvalue weighted by Crippen LogP contribution is -2.23. The summed E-state index contributed by atoms with van der Waals surface area (Å²) in [5, 5.41) is 2.88. The molecule has 0 radical (unpaired) electrons. The Labute approximate surface area is 134 Å². The highest BCUT2D eigenvalue weighted by molar-refractivity contribution is 9.10. The van der Waals surface area contributed by atoms with Crippen molar-refractivity contribution in [2.75, 3.05) is 7.11 Å². The zero-order chi connectivity index (χ0) is 14.5. The molecule has 0 fully saturated rings. The zero-order valence-electron chi connectivity index (χ0n) is 10.8. The van der Waals surface area contributed by atoms with Gasteiger partial charge in [0.25, 0.3) is 5.91 Å². The van der Waals surface area contributed by atoms with Gasteiger partial charge in [-0.2, -0.15) is 0 Å². The van der Waals surface area contributed by atoms with Gasteiger partial charge in [0.15, 0.2) is 0 Å². The number of benzene rings is 2. The summed E-state index contributed by atoms with van der Waals surface area (Å²) in [4.78, 5) is 12.1. The van der Waals surface area contributed by atoms with E-state index < -0.39 is 0 Å². The molecule has 5 heteroatoms.